The fraction of sp³-hybridized carbons (Fsp3) is 0.412. The molecule has 2 heterocycles. The van der Waals surface area contributed by atoms with Gasteiger partial charge in [0.05, 0.1) is 10.6 Å². The smallest absolute Gasteiger partial charge is 0.258 e. The number of carbonyl (C=O) groups is 1. The molecule has 134 valence electrons. The number of carbonyl (C=O) groups excluding carboxylic acids is 1. The largest absolute Gasteiger partial charge is 0.338 e. The Morgan fingerprint density at radius 1 is 1.16 bits per heavy atom. The van der Waals surface area contributed by atoms with Gasteiger partial charge in [-0.3, -0.25) is 10.1 Å². The molecular formula is C17H21N3O4S. The van der Waals surface area contributed by atoms with E-state index in [-0.39, 0.29) is 16.3 Å². The number of amides is 1. The lowest BCUT2D eigenvalue weighted by Crippen LogP contribution is -2.32. The maximum Gasteiger partial charge on any atom is 0.258 e. The quantitative estimate of drug-likeness (QED) is 0.902. The van der Waals surface area contributed by atoms with Crippen molar-refractivity contribution in [3.05, 3.63) is 41.6 Å². The van der Waals surface area contributed by atoms with Gasteiger partial charge in [-0.05, 0) is 38.0 Å². The molecule has 1 aliphatic heterocycles. The molecule has 1 N–H and O–H groups in total. The van der Waals surface area contributed by atoms with Crippen molar-refractivity contribution in [3.63, 3.8) is 0 Å². The van der Waals surface area contributed by atoms with E-state index in [9.17, 15) is 13.2 Å². The average Bonchev–Trinajstić information content (AvgIpc) is 2.85. The van der Waals surface area contributed by atoms with Crippen LogP contribution in [-0.4, -0.2) is 36.9 Å². The van der Waals surface area contributed by atoms with Crippen LogP contribution in [0.3, 0.4) is 0 Å². The van der Waals surface area contributed by atoms with Crippen LogP contribution >= 0.6 is 0 Å². The van der Waals surface area contributed by atoms with Crippen LogP contribution in [0.25, 0.3) is 0 Å². The lowest BCUT2D eigenvalue weighted by atomic mass is 10.2. The molecule has 0 aliphatic carbocycles. The van der Waals surface area contributed by atoms with Crippen molar-refractivity contribution in [2.45, 2.75) is 37.5 Å². The Morgan fingerprint density at radius 3 is 2.52 bits per heavy atom. The number of nitrogens with zero attached hydrogens (tertiary/aromatic N) is 2. The third kappa shape index (κ3) is 4.08. The van der Waals surface area contributed by atoms with E-state index in [1.807, 2.05) is 0 Å². The molecule has 7 nitrogen and oxygen atoms in total. The number of benzene rings is 1. The van der Waals surface area contributed by atoms with Crippen LogP contribution in [0.4, 0.5) is 5.88 Å². The number of aromatic nitrogens is 1. The normalized spacial score (nSPS) is 16.4. The van der Waals surface area contributed by atoms with Crippen molar-refractivity contribution in [2.24, 2.45) is 0 Å². The maximum atomic E-state index is 12.8. The van der Waals surface area contributed by atoms with E-state index in [1.165, 1.54) is 16.4 Å². The van der Waals surface area contributed by atoms with Crippen LogP contribution in [0.15, 0.2) is 39.8 Å². The third-order valence-corrected chi connectivity index (χ3v) is 6.06. The molecule has 8 heteroatoms. The third-order valence-electron chi connectivity index (χ3n) is 4.16. The van der Waals surface area contributed by atoms with E-state index in [0.717, 1.165) is 25.7 Å². The number of sulfonamides is 1. The summed E-state index contributed by atoms with van der Waals surface area (Å²) in [5, 5.41) is 6.27. The molecular weight excluding hydrogens is 342 g/mol. The first kappa shape index (κ1) is 17.6. The second-order valence-corrected chi connectivity index (χ2v) is 8.07. The van der Waals surface area contributed by atoms with Crippen LogP contribution in [0.2, 0.25) is 0 Å². The van der Waals surface area contributed by atoms with Crippen LogP contribution in [0.1, 0.15) is 41.7 Å². The molecule has 1 fully saturated rings. The van der Waals surface area contributed by atoms with Crippen molar-refractivity contribution in [1.82, 2.24) is 9.46 Å². The SMILES string of the molecule is Cc1cc(NC(=O)c2cccc(S(=O)(=O)N3CCCCCC3)c2)on1. The Hall–Kier alpha value is -2.19. The summed E-state index contributed by atoms with van der Waals surface area (Å²) in [7, 11) is -3.59. The summed E-state index contributed by atoms with van der Waals surface area (Å²) in [5.74, 6) is -0.215. The molecule has 1 aromatic heterocycles. The molecule has 0 saturated carbocycles. The van der Waals surface area contributed by atoms with Gasteiger partial charge in [-0.15, -0.1) is 0 Å². The predicted molar refractivity (Wildman–Crippen MR) is 92.9 cm³/mol. The number of nitrogens with one attached hydrogen (secondary N) is 1. The summed E-state index contributed by atoms with van der Waals surface area (Å²) < 4.78 is 32.1. The van der Waals surface area contributed by atoms with E-state index in [4.69, 9.17) is 4.52 Å². The molecule has 0 radical (unpaired) electrons. The Bertz CT molecular complexity index is 852. The second kappa shape index (κ2) is 7.37. The minimum atomic E-state index is -3.59. The number of rotatable bonds is 4. The van der Waals surface area contributed by atoms with E-state index >= 15 is 0 Å². The molecule has 0 atom stereocenters. The van der Waals surface area contributed by atoms with Gasteiger partial charge in [0, 0.05) is 24.7 Å². The Balaban J connectivity index is 1.81. The predicted octanol–water partition coefficient (Wildman–Crippen LogP) is 2.80. The van der Waals surface area contributed by atoms with Gasteiger partial charge >= 0.3 is 0 Å². The van der Waals surface area contributed by atoms with Gasteiger partial charge in [-0.25, -0.2) is 8.42 Å². The molecule has 3 rings (SSSR count). The van der Waals surface area contributed by atoms with Crippen LogP contribution in [-0.2, 0) is 10.0 Å². The van der Waals surface area contributed by atoms with Gasteiger partial charge in [0.1, 0.15) is 0 Å². The zero-order valence-electron chi connectivity index (χ0n) is 14.1. The molecule has 2 aromatic rings. The molecule has 1 saturated heterocycles. The fourth-order valence-corrected chi connectivity index (χ4v) is 4.40. The van der Waals surface area contributed by atoms with Crippen molar-refractivity contribution < 1.29 is 17.7 Å². The Labute approximate surface area is 147 Å². The lowest BCUT2D eigenvalue weighted by Gasteiger charge is -2.20. The van der Waals surface area contributed by atoms with Gasteiger partial charge < -0.3 is 4.52 Å². The summed E-state index contributed by atoms with van der Waals surface area (Å²) >= 11 is 0. The molecule has 0 bridgehead atoms. The summed E-state index contributed by atoms with van der Waals surface area (Å²) in [6.45, 7) is 2.79. The number of hydrogen-bond donors (Lipinski definition) is 1. The van der Waals surface area contributed by atoms with Crippen LogP contribution < -0.4 is 5.32 Å². The van der Waals surface area contributed by atoms with E-state index in [2.05, 4.69) is 10.5 Å². The van der Waals surface area contributed by atoms with Gasteiger partial charge in [0.15, 0.2) is 0 Å². The first-order chi connectivity index (χ1) is 12.0. The highest BCUT2D eigenvalue weighted by Gasteiger charge is 2.25. The van der Waals surface area contributed by atoms with Crippen LogP contribution in [0.5, 0.6) is 0 Å². The monoisotopic (exact) mass is 363 g/mol. The first-order valence-electron chi connectivity index (χ1n) is 8.32. The minimum absolute atomic E-state index is 0.135. The summed E-state index contributed by atoms with van der Waals surface area (Å²) in [6.07, 6.45) is 3.82. The summed E-state index contributed by atoms with van der Waals surface area (Å²) in [4.78, 5) is 12.5. The van der Waals surface area contributed by atoms with Gasteiger partial charge in [-0.2, -0.15) is 4.31 Å². The first-order valence-corrected chi connectivity index (χ1v) is 9.76. The minimum Gasteiger partial charge on any atom is -0.338 e. The highest BCUT2D eigenvalue weighted by Crippen LogP contribution is 2.21. The molecule has 1 aromatic carbocycles. The van der Waals surface area contributed by atoms with E-state index in [0.29, 0.717) is 18.8 Å². The second-order valence-electron chi connectivity index (χ2n) is 6.13. The highest BCUT2D eigenvalue weighted by molar-refractivity contribution is 7.89. The Morgan fingerprint density at radius 2 is 1.88 bits per heavy atom. The average molecular weight is 363 g/mol. The van der Waals surface area contributed by atoms with Crippen molar-refractivity contribution in [3.8, 4) is 0 Å². The fourth-order valence-electron chi connectivity index (χ4n) is 2.84. The molecule has 1 amide bonds. The number of hydrogen-bond acceptors (Lipinski definition) is 5. The van der Waals surface area contributed by atoms with Gasteiger partial charge in [-0.1, -0.05) is 24.1 Å². The zero-order chi connectivity index (χ0) is 17.9. The van der Waals surface area contributed by atoms with Crippen molar-refractivity contribution in [1.29, 1.82) is 0 Å². The zero-order valence-corrected chi connectivity index (χ0v) is 14.9. The van der Waals surface area contributed by atoms with Gasteiger partial charge in [0.2, 0.25) is 15.9 Å². The highest BCUT2D eigenvalue weighted by atomic mass is 32.2. The van der Waals surface area contributed by atoms with Gasteiger partial charge in [0.25, 0.3) is 5.91 Å². The Kier molecular flexibility index (Phi) is 5.19. The molecule has 25 heavy (non-hydrogen) atoms. The van der Waals surface area contributed by atoms with Crippen LogP contribution in [0, 0.1) is 6.92 Å². The number of aryl methyl sites for hydroxylation is 1. The summed E-state index contributed by atoms with van der Waals surface area (Å²) in [6, 6.07) is 7.66. The molecule has 0 spiro atoms. The van der Waals surface area contributed by atoms with Crippen molar-refractivity contribution >= 4 is 21.8 Å². The molecule has 0 unspecified atom stereocenters. The maximum absolute atomic E-state index is 12.8. The topological polar surface area (TPSA) is 92.5 Å². The summed E-state index contributed by atoms with van der Waals surface area (Å²) in [5.41, 5.74) is 0.901. The standard InChI is InChI=1S/C17H21N3O4S/c1-13-11-16(24-19-13)18-17(21)14-7-6-8-15(12-14)25(22,23)20-9-4-2-3-5-10-20/h6-8,11-12H,2-5,9-10H2,1H3,(H,18,21). The van der Waals surface area contributed by atoms with E-state index in [1.54, 1.807) is 25.1 Å². The van der Waals surface area contributed by atoms with Crippen molar-refractivity contribution in [2.75, 3.05) is 18.4 Å². The van der Waals surface area contributed by atoms with E-state index < -0.39 is 15.9 Å². The lowest BCUT2D eigenvalue weighted by molar-refractivity contribution is 0.102. The number of anilines is 1. The molecule has 1 aliphatic rings.